The number of amides is 1. The van der Waals surface area contributed by atoms with Crippen LogP contribution in [0.3, 0.4) is 0 Å². The lowest BCUT2D eigenvalue weighted by atomic mass is 10.0. The quantitative estimate of drug-likeness (QED) is 0.535. The molecule has 2 heterocycles. The molecule has 3 rings (SSSR count). The third-order valence-electron chi connectivity index (χ3n) is 4.27. The summed E-state index contributed by atoms with van der Waals surface area (Å²) in [6, 6.07) is 6.50. The third kappa shape index (κ3) is 5.13. The van der Waals surface area contributed by atoms with Crippen molar-refractivity contribution in [1.29, 1.82) is 0 Å². The Morgan fingerprint density at radius 1 is 1.28 bits per heavy atom. The molecule has 0 fully saturated rings. The summed E-state index contributed by atoms with van der Waals surface area (Å²) in [7, 11) is 0. The van der Waals surface area contributed by atoms with Crippen LogP contribution in [0.1, 0.15) is 24.4 Å². The van der Waals surface area contributed by atoms with Crippen molar-refractivity contribution in [3.8, 4) is 0 Å². The van der Waals surface area contributed by atoms with Gasteiger partial charge in [0.2, 0.25) is 5.91 Å². The predicted molar refractivity (Wildman–Crippen MR) is 99.7 cm³/mol. The number of fused-ring (bicyclic) bond motifs is 1. The van der Waals surface area contributed by atoms with Crippen molar-refractivity contribution in [3.05, 3.63) is 41.9 Å². The number of aromatic amines is 2. The number of benzene rings is 1. The number of thioether (sulfide) groups is 1. The van der Waals surface area contributed by atoms with Gasteiger partial charge >= 0.3 is 6.18 Å². The number of hydrogen-bond acceptors (Lipinski definition) is 6. The van der Waals surface area contributed by atoms with E-state index in [-0.39, 0.29) is 12.2 Å². The van der Waals surface area contributed by atoms with Crippen LogP contribution < -0.4 is 5.32 Å². The highest BCUT2D eigenvalue weighted by atomic mass is 32.2. The van der Waals surface area contributed by atoms with Gasteiger partial charge in [0, 0.05) is 36.2 Å². The van der Waals surface area contributed by atoms with Gasteiger partial charge in [-0.1, -0.05) is 30.0 Å². The number of alkyl halides is 3. The van der Waals surface area contributed by atoms with E-state index in [1.807, 2.05) is 24.3 Å². The van der Waals surface area contributed by atoms with Crippen LogP contribution in [0.25, 0.3) is 10.9 Å². The molecule has 3 aromatic rings. The summed E-state index contributed by atoms with van der Waals surface area (Å²) in [5.41, 5.74) is 1.64. The molecule has 0 aliphatic carbocycles. The third-order valence-corrected chi connectivity index (χ3v) is 5.18. The lowest BCUT2D eigenvalue weighted by Gasteiger charge is -2.22. The Morgan fingerprint density at radius 2 is 2.03 bits per heavy atom. The number of rotatable bonds is 7. The van der Waals surface area contributed by atoms with E-state index < -0.39 is 34.9 Å². The molecule has 0 bridgehead atoms. The van der Waals surface area contributed by atoms with Gasteiger partial charge in [0.05, 0.1) is 6.04 Å². The van der Waals surface area contributed by atoms with Crippen molar-refractivity contribution in [2.45, 2.75) is 25.6 Å². The van der Waals surface area contributed by atoms with Gasteiger partial charge in [-0.2, -0.15) is 13.2 Å². The zero-order valence-electron chi connectivity index (χ0n) is 15.2. The summed E-state index contributed by atoms with van der Waals surface area (Å²) in [6.07, 6.45) is -2.91. The number of halogens is 3. The maximum atomic E-state index is 13.4. The molecular weight excluding hydrogens is 409 g/mol. The van der Waals surface area contributed by atoms with E-state index >= 15 is 0 Å². The molecule has 1 aromatic carbocycles. The molecule has 0 radical (unpaired) electrons. The van der Waals surface area contributed by atoms with Crippen molar-refractivity contribution in [2.24, 2.45) is 5.92 Å². The lowest BCUT2D eigenvalue weighted by Crippen LogP contribution is -2.43. The normalized spacial score (nSPS) is 13.9. The van der Waals surface area contributed by atoms with Crippen molar-refractivity contribution in [2.75, 3.05) is 5.75 Å². The first-order chi connectivity index (χ1) is 13.8. The largest absolute Gasteiger partial charge is 0.401 e. The lowest BCUT2D eigenvalue weighted by molar-refractivity contribution is -0.178. The number of para-hydroxylation sites is 1. The van der Waals surface area contributed by atoms with Crippen LogP contribution in [0.15, 0.2) is 30.5 Å². The molecule has 3 N–H and O–H groups in total. The first kappa shape index (κ1) is 20.8. The molecule has 12 heteroatoms. The summed E-state index contributed by atoms with van der Waals surface area (Å²) in [5.74, 6) is -4.15. The van der Waals surface area contributed by atoms with Gasteiger partial charge in [0.25, 0.3) is 0 Å². The van der Waals surface area contributed by atoms with Crippen LogP contribution in [-0.2, 0) is 16.0 Å². The Hall–Kier alpha value is -2.89. The summed E-state index contributed by atoms with van der Waals surface area (Å²) in [5, 5.41) is 15.9. The number of nitrogens with zero attached hydrogens (tertiary/aromatic N) is 3. The van der Waals surface area contributed by atoms with Gasteiger partial charge in [-0.25, -0.2) is 5.10 Å². The fraction of sp³-hybridized carbons (Fsp3) is 0.353. The number of carbonyl (C=O) groups is 2. The minimum absolute atomic E-state index is 0.128. The van der Waals surface area contributed by atoms with Crippen LogP contribution in [0.2, 0.25) is 0 Å². The highest BCUT2D eigenvalue weighted by Crippen LogP contribution is 2.31. The summed E-state index contributed by atoms with van der Waals surface area (Å²) in [6.45, 7) is 1.15. The van der Waals surface area contributed by atoms with Crippen LogP contribution in [0.4, 0.5) is 13.2 Å². The van der Waals surface area contributed by atoms with Crippen LogP contribution in [0.5, 0.6) is 0 Å². The molecule has 2 atom stereocenters. The average molecular weight is 426 g/mol. The van der Waals surface area contributed by atoms with E-state index in [9.17, 15) is 22.8 Å². The van der Waals surface area contributed by atoms with Gasteiger partial charge in [-0.15, -0.1) is 5.10 Å². The van der Waals surface area contributed by atoms with E-state index in [0.717, 1.165) is 23.4 Å². The fourth-order valence-electron chi connectivity index (χ4n) is 2.84. The number of tetrazole rings is 1. The Balaban J connectivity index is 1.83. The van der Waals surface area contributed by atoms with Crippen LogP contribution >= 0.6 is 11.8 Å². The van der Waals surface area contributed by atoms with Crippen molar-refractivity contribution in [1.82, 2.24) is 30.9 Å². The zero-order chi connectivity index (χ0) is 21.0. The second-order valence-electron chi connectivity index (χ2n) is 6.31. The summed E-state index contributed by atoms with van der Waals surface area (Å²) < 4.78 is 40.1. The predicted octanol–water partition coefficient (Wildman–Crippen LogP) is 2.54. The van der Waals surface area contributed by atoms with Crippen molar-refractivity contribution in [3.63, 3.8) is 0 Å². The smallest absolute Gasteiger partial charge is 0.361 e. The first-order valence-electron chi connectivity index (χ1n) is 8.54. The second-order valence-corrected chi connectivity index (χ2v) is 7.50. The molecule has 154 valence electrons. The molecule has 0 unspecified atom stereocenters. The van der Waals surface area contributed by atoms with E-state index in [1.54, 1.807) is 6.20 Å². The molecule has 0 aliphatic heterocycles. The topological polar surface area (TPSA) is 116 Å². The summed E-state index contributed by atoms with van der Waals surface area (Å²) >= 11 is 0.454. The van der Waals surface area contributed by atoms with Gasteiger partial charge in [0.1, 0.15) is 5.92 Å². The van der Waals surface area contributed by atoms with Gasteiger partial charge < -0.3 is 10.3 Å². The van der Waals surface area contributed by atoms with Crippen molar-refractivity contribution < 1.29 is 22.8 Å². The van der Waals surface area contributed by atoms with E-state index in [1.165, 1.54) is 0 Å². The van der Waals surface area contributed by atoms with Crippen LogP contribution in [0, 0.1) is 5.92 Å². The van der Waals surface area contributed by atoms with Gasteiger partial charge in [-0.3, -0.25) is 9.59 Å². The average Bonchev–Trinajstić information content (AvgIpc) is 3.30. The standard InChI is InChI=1S/C17H17F3N6O2S/c1-9(27)29-8-12(17(18,19)20)16(28)22-14(15-23-25-26-24-15)6-10-7-21-13-5-3-2-4-11(10)13/h2-5,7,12,14,21H,6,8H2,1H3,(H,22,28)(H,23,24,25,26)/t12-,14-/m0/s1. The maximum Gasteiger partial charge on any atom is 0.401 e. The summed E-state index contributed by atoms with van der Waals surface area (Å²) in [4.78, 5) is 26.6. The Morgan fingerprint density at radius 3 is 2.69 bits per heavy atom. The van der Waals surface area contributed by atoms with Crippen molar-refractivity contribution >= 4 is 33.7 Å². The highest BCUT2D eigenvalue weighted by molar-refractivity contribution is 8.13. The molecule has 0 saturated heterocycles. The number of aromatic nitrogens is 5. The molecule has 0 saturated carbocycles. The Labute approximate surface area is 167 Å². The molecule has 1 amide bonds. The number of H-pyrrole nitrogens is 2. The second kappa shape index (κ2) is 8.64. The molecule has 29 heavy (non-hydrogen) atoms. The fourth-order valence-corrected chi connectivity index (χ4v) is 3.58. The number of carbonyl (C=O) groups excluding carboxylic acids is 2. The Bertz CT molecular complexity index is 989. The minimum Gasteiger partial charge on any atom is -0.361 e. The molecule has 8 nitrogen and oxygen atoms in total. The van der Waals surface area contributed by atoms with E-state index in [4.69, 9.17) is 0 Å². The molecule has 0 aliphatic rings. The maximum absolute atomic E-state index is 13.4. The minimum atomic E-state index is -4.79. The first-order valence-corrected chi connectivity index (χ1v) is 9.53. The monoisotopic (exact) mass is 426 g/mol. The Kier molecular flexibility index (Phi) is 6.20. The van der Waals surface area contributed by atoms with E-state index in [0.29, 0.717) is 11.8 Å². The highest BCUT2D eigenvalue weighted by Gasteiger charge is 2.45. The van der Waals surface area contributed by atoms with Gasteiger partial charge in [-0.05, 0) is 22.1 Å². The number of hydrogen-bond donors (Lipinski definition) is 3. The molecular formula is C17H17F3N6O2S. The zero-order valence-corrected chi connectivity index (χ0v) is 16.0. The molecule has 2 aromatic heterocycles. The molecule has 0 spiro atoms. The number of nitrogens with one attached hydrogen (secondary N) is 3. The van der Waals surface area contributed by atoms with E-state index in [2.05, 4.69) is 30.9 Å². The van der Waals surface area contributed by atoms with Gasteiger partial charge in [0.15, 0.2) is 10.9 Å². The SMILES string of the molecule is CC(=O)SC[C@@H](C(=O)N[C@@H](Cc1c[nH]c2ccccc12)c1nnn[nH]1)C(F)(F)F. The van der Waals surface area contributed by atoms with Crippen LogP contribution in [-0.4, -0.2) is 48.6 Å².